The lowest BCUT2D eigenvalue weighted by atomic mass is 10.0. The Kier molecular flexibility index (Phi) is 3.50. The largest absolute Gasteiger partial charge is 0.398 e. The molecule has 3 N–H and O–H groups in total. The number of carbonyl (C=O) groups is 1. The highest BCUT2D eigenvalue weighted by molar-refractivity contribution is 6.08. The lowest BCUT2D eigenvalue weighted by Gasteiger charge is -2.09. The second kappa shape index (κ2) is 5.48. The van der Waals surface area contributed by atoms with E-state index in [1.165, 1.54) is 0 Å². The summed E-state index contributed by atoms with van der Waals surface area (Å²) in [4.78, 5) is 20.8. The standard InChI is InChI=1S/C16H17N5O/c1-10-7-12-11(13(17)8-10)3-4-19-15(12)16(22)20-9-14-18-5-6-21(14)2/h3-8H,9,17H2,1-2H3,(H,20,22). The van der Waals surface area contributed by atoms with Crippen molar-refractivity contribution in [2.45, 2.75) is 13.5 Å². The number of aryl methyl sites for hydroxylation is 2. The van der Waals surface area contributed by atoms with Gasteiger partial charge in [-0.3, -0.25) is 9.78 Å². The van der Waals surface area contributed by atoms with Crippen LogP contribution in [0.4, 0.5) is 5.69 Å². The molecule has 0 atom stereocenters. The minimum atomic E-state index is -0.237. The van der Waals surface area contributed by atoms with Crippen molar-refractivity contribution >= 4 is 22.4 Å². The number of hydrogen-bond acceptors (Lipinski definition) is 4. The number of rotatable bonds is 3. The average molecular weight is 295 g/mol. The second-order valence-corrected chi connectivity index (χ2v) is 5.25. The molecule has 0 fully saturated rings. The van der Waals surface area contributed by atoms with Crippen LogP contribution in [0, 0.1) is 6.92 Å². The van der Waals surface area contributed by atoms with Gasteiger partial charge in [0.1, 0.15) is 11.5 Å². The van der Waals surface area contributed by atoms with Crippen molar-refractivity contribution in [2.24, 2.45) is 7.05 Å². The first-order valence-corrected chi connectivity index (χ1v) is 6.95. The van der Waals surface area contributed by atoms with Crippen molar-refractivity contribution in [1.82, 2.24) is 19.9 Å². The molecule has 0 unspecified atom stereocenters. The Morgan fingerprint density at radius 1 is 1.27 bits per heavy atom. The zero-order valence-electron chi connectivity index (χ0n) is 12.5. The SMILES string of the molecule is Cc1cc(N)c2ccnc(C(=O)NCc3nccn3C)c2c1. The van der Waals surface area contributed by atoms with Crippen LogP contribution in [0.5, 0.6) is 0 Å². The predicted octanol–water partition coefficient (Wildman–Crippen LogP) is 1.79. The summed E-state index contributed by atoms with van der Waals surface area (Å²) in [6.07, 6.45) is 5.13. The minimum absolute atomic E-state index is 0.237. The van der Waals surface area contributed by atoms with E-state index in [1.807, 2.05) is 42.9 Å². The maximum Gasteiger partial charge on any atom is 0.270 e. The van der Waals surface area contributed by atoms with Crippen molar-refractivity contribution in [3.05, 3.63) is 53.9 Å². The van der Waals surface area contributed by atoms with Gasteiger partial charge >= 0.3 is 0 Å². The van der Waals surface area contributed by atoms with Crippen LogP contribution in [0.1, 0.15) is 21.9 Å². The average Bonchev–Trinajstić information content (AvgIpc) is 2.89. The monoisotopic (exact) mass is 295 g/mol. The number of carbonyl (C=O) groups excluding carboxylic acids is 1. The van der Waals surface area contributed by atoms with Crippen molar-refractivity contribution in [1.29, 1.82) is 0 Å². The van der Waals surface area contributed by atoms with E-state index < -0.39 is 0 Å². The number of nitrogens with two attached hydrogens (primary N) is 1. The zero-order valence-corrected chi connectivity index (χ0v) is 12.5. The molecular weight excluding hydrogens is 278 g/mol. The summed E-state index contributed by atoms with van der Waals surface area (Å²) in [5, 5.41) is 4.44. The molecule has 0 bridgehead atoms. The molecule has 0 spiro atoms. The number of imidazole rings is 1. The molecule has 6 nitrogen and oxygen atoms in total. The summed E-state index contributed by atoms with van der Waals surface area (Å²) >= 11 is 0. The van der Waals surface area contributed by atoms with Crippen molar-refractivity contribution in [3.8, 4) is 0 Å². The van der Waals surface area contributed by atoms with E-state index in [4.69, 9.17) is 5.73 Å². The molecule has 0 saturated heterocycles. The zero-order chi connectivity index (χ0) is 15.7. The lowest BCUT2D eigenvalue weighted by Crippen LogP contribution is -2.25. The summed E-state index contributed by atoms with van der Waals surface area (Å²) < 4.78 is 1.86. The topological polar surface area (TPSA) is 85.8 Å². The number of nitrogen functional groups attached to an aromatic ring is 1. The number of hydrogen-bond donors (Lipinski definition) is 2. The Balaban J connectivity index is 1.92. The summed E-state index contributed by atoms with van der Waals surface area (Å²) in [6.45, 7) is 2.29. The van der Waals surface area contributed by atoms with Crippen molar-refractivity contribution < 1.29 is 4.79 Å². The van der Waals surface area contributed by atoms with Gasteiger partial charge in [0.05, 0.1) is 6.54 Å². The highest BCUT2D eigenvalue weighted by Crippen LogP contribution is 2.24. The predicted molar refractivity (Wildman–Crippen MR) is 85.3 cm³/mol. The fraction of sp³-hybridized carbons (Fsp3) is 0.188. The van der Waals surface area contributed by atoms with Gasteiger partial charge in [-0.1, -0.05) is 0 Å². The van der Waals surface area contributed by atoms with E-state index in [9.17, 15) is 4.79 Å². The Labute approximate surface area is 128 Å². The molecule has 0 saturated carbocycles. The molecule has 22 heavy (non-hydrogen) atoms. The van der Waals surface area contributed by atoms with Gasteiger partial charge in [-0.15, -0.1) is 0 Å². The van der Waals surface area contributed by atoms with E-state index in [0.29, 0.717) is 17.9 Å². The quantitative estimate of drug-likeness (QED) is 0.721. The fourth-order valence-corrected chi connectivity index (χ4v) is 2.45. The Bertz CT molecular complexity index is 853. The summed E-state index contributed by atoms with van der Waals surface area (Å²) in [5.74, 6) is 0.544. The van der Waals surface area contributed by atoms with Crippen LogP contribution in [0.2, 0.25) is 0 Å². The molecular formula is C16H17N5O. The van der Waals surface area contributed by atoms with Crippen LogP contribution in [0.25, 0.3) is 10.8 Å². The van der Waals surface area contributed by atoms with Crippen LogP contribution in [0.3, 0.4) is 0 Å². The number of benzene rings is 1. The van der Waals surface area contributed by atoms with E-state index in [1.54, 1.807) is 12.4 Å². The summed E-state index contributed by atoms with van der Waals surface area (Å²) in [7, 11) is 1.88. The molecule has 1 amide bonds. The van der Waals surface area contributed by atoms with Gasteiger partial charge in [0.2, 0.25) is 0 Å². The van der Waals surface area contributed by atoms with Gasteiger partial charge in [-0.05, 0) is 30.7 Å². The molecule has 0 aliphatic heterocycles. The van der Waals surface area contributed by atoms with Gasteiger partial charge in [-0.25, -0.2) is 4.98 Å². The first-order chi connectivity index (χ1) is 10.6. The smallest absolute Gasteiger partial charge is 0.270 e. The van der Waals surface area contributed by atoms with Gasteiger partial charge in [0.15, 0.2) is 0 Å². The molecule has 112 valence electrons. The number of nitrogens with one attached hydrogen (secondary N) is 1. The van der Waals surface area contributed by atoms with Crippen LogP contribution in [0.15, 0.2) is 36.8 Å². The minimum Gasteiger partial charge on any atom is -0.398 e. The first kappa shape index (κ1) is 14.1. The molecule has 3 rings (SSSR count). The van der Waals surface area contributed by atoms with Crippen LogP contribution >= 0.6 is 0 Å². The van der Waals surface area contributed by atoms with Crippen LogP contribution in [-0.2, 0) is 13.6 Å². The first-order valence-electron chi connectivity index (χ1n) is 6.95. The number of anilines is 1. The molecule has 2 heterocycles. The molecule has 0 radical (unpaired) electrons. The Hall–Kier alpha value is -2.89. The highest BCUT2D eigenvalue weighted by Gasteiger charge is 2.13. The van der Waals surface area contributed by atoms with Crippen LogP contribution in [-0.4, -0.2) is 20.4 Å². The van der Waals surface area contributed by atoms with Crippen LogP contribution < -0.4 is 11.1 Å². The molecule has 0 aliphatic rings. The number of amides is 1. The third-order valence-corrected chi connectivity index (χ3v) is 3.60. The maximum atomic E-state index is 12.4. The number of pyridine rings is 1. The maximum absolute atomic E-state index is 12.4. The third-order valence-electron chi connectivity index (χ3n) is 3.60. The normalized spacial score (nSPS) is 10.8. The molecule has 2 aromatic heterocycles. The lowest BCUT2D eigenvalue weighted by molar-refractivity contribution is 0.0946. The van der Waals surface area contributed by atoms with Crippen molar-refractivity contribution in [3.63, 3.8) is 0 Å². The van der Waals surface area contributed by atoms with E-state index in [-0.39, 0.29) is 5.91 Å². The fourth-order valence-electron chi connectivity index (χ4n) is 2.45. The number of fused-ring (bicyclic) bond motifs is 1. The highest BCUT2D eigenvalue weighted by atomic mass is 16.1. The van der Waals surface area contributed by atoms with Gasteiger partial charge in [0, 0.05) is 42.1 Å². The third kappa shape index (κ3) is 2.50. The summed E-state index contributed by atoms with van der Waals surface area (Å²) in [6, 6.07) is 5.63. The molecule has 3 aromatic rings. The van der Waals surface area contributed by atoms with Crippen molar-refractivity contribution in [2.75, 3.05) is 5.73 Å². The Morgan fingerprint density at radius 3 is 2.82 bits per heavy atom. The number of aromatic nitrogens is 3. The van der Waals surface area contributed by atoms with Gasteiger partial charge < -0.3 is 15.6 Å². The summed E-state index contributed by atoms with van der Waals surface area (Å²) in [5.41, 5.74) is 8.05. The molecule has 1 aromatic carbocycles. The molecule has 6 heteroatoms. The Morgan fingerprint density at radius 2 is 2.09 bits per heavy atom. The second-order valence-electron chi connectivity index (χ2n) is 5.25. The van der Waals surface area contributed by atoms with E-state index in [0.717, 1.165) is 22.2 Å². The van der Waals surface area contributed by atoms with Gasteiger partial charge in [-0.2, -0.15) is 0 Å². The number of nitrogens with zero attached hydrogens (tertiary/aromatic N) is 3. The molecule has 0 aliphatic carbocycles. The van der Waals surface area contributed by atoms with E-state index >= 15 is 0 Å². The van der Waals surface area contributed by atoms with E-state index in [2.05, 4.69) is 15.3 Å². The van der Waals surface area contributed by atoms with Gasteiger partial charge in [0.25, 0.3) is 5.91 Å².